The van der Waals surface area contributed by atoms with Crippen LogP contribution in [0.25, 0.3) is 0 Å². The maximum absolute atomic E-state index is 11.9. The van der Waals surface area contributed by atoms with Crippen molar-refractivity contribution in [3.63, 3.8) is 0 Å². The summed E-state index contributed by atoms with van der Waals surface area (Å²) in [4.78, 5) is 25.4. The number of aromatic amines is 1. The average molecular weight is 346 g/mol. The van der Waals surface area contributed by atoms with E-state index in [1.165, 1.54) is 36.9 Å². The summed E-state index contributed by atoms with van der Waals surface area (Å²) in [6, 6.07) is 0. The van der Waals surface area contributed by atoms with Gasteiger partial charge in [0.2, 0.25) is 0 Å². The fraction of sp³-hybridized carbons (Fsp3) is 0.538. The number of ether oxygens (including phenoxy) is 1. The Labute approximate surface area is 132 Å². The first-order valence-corrected chi connectivity index (χ1v) is 8.47. The molecule has 1 aromatic rings. The van der Waals surface area contributed by atoms with Crippen molar-refractivity contribution >= 4 is 7.60 Å². The molecule has 1 fully saturated rings. The van der Waals surface area contributed by atoms with Gasteiger partial charge >= 0.3 is 13.3 Å². The number of aromatic nitrogens is 2. The Kier molecular flexibility index (Phi) is 5.38. The molecule has 2 unspecified atom stereocenters. The van der Waals surface area contributed by atoms with Crippen LogP contribution in [0.5, 0.6) is 0 Å². The van der Waals surface area contributed by atoms with E-state index in [2.05, 4.69) is 4.98 Å². The molecule has 0 aromatic carbocycles. The topological polar surface area (TPSA) is 120 Å². The molecule has 0 amide bonds. The lowest BCUT2D eigenvalue weighted by Gasteiger charge is -2.14. The van der Waals surface area contributed by atoms with E-state index in [0.29, 0.717) is 5.56 Å². The van der Waals surface area contributed by atoms with Gasteiger partial charge in [0.15, 0.2) is 0 Å². The number of rotatable bonds is 5. The molecular weight excluding hydrogens is 327 g/mol. The zero-order chi connectivity index (χ0) is 17.2. The van der Waals surface area contributed by atoms with Crippen LogP contribution < -0.4 is 11.2 Å². The van der Waals surface area contributed by atoms with Gasteiger partial charge in [-0.15, -0.1) is 0 Å². The van der Waals surface area contributed by atoms with E-state index >= 15 is 0 Å². The van der Waals surface area contributed by atoms with Crippen molar-refractivity contribution in [2.75, 3.05) is 14.2 Å². The standard InChI is InChI=1S/C13H19N2O7P/c1-8-7-15(13(18)14-12(8)17)11-6-9(16)10(22-11)4-5-23(19,20-2)21-3/h4-5,7,9-11,16H,6H2,1-3H3,(H,14,17,18)/b5-4+/t9?,10?,11-/m1/s1. The molecule has 0 spiro atoms. The van der Waals surface area contributed by atoms with Gasteiger partial charge in [0.25, 0.3) is 5.56 Å². The van der Waals surface area contributed by atoms with Crippen molar-refractivity contribution < 1.29 is 23.5 Å². The lowest BCUT2D eigenvalue weighted by Crippen LogP contribution is -2.33. The van der Waals surface area contributed by atoms with Crippen molar-refractivity contribution in [3.05, 3.63) is 44.5 Å². The van der Waals surface area contributed by atoms with Crippen LogP contribution in [0.1, 0.15) is 18.2 Å². The van der Waals surface area contributed by atoms with Gasteiger partial charge in [0.1, 0.15) is 12.3 Å². The molecule has 2 N–H and O–H groups in total. The van der Waals surface area contributed by atoms with Gasteiger partial charge in [0.05, 0.1) is 6.10 Å². The van der Waals surface area contributed by atoms with Crippen LogP contribution >= 0.6 is 7.60 Å². The van der Waals surface area contributed by atoms with E-state index in [-0.39, 0.29) is 6.42 Å². The lowest BCUT2D eigenvalue weighted by molar-refractivity contribution is 0.00474. The number of aryl methyl sites for hydroxylation is 1. The highest BCUT2D eigenvalue weighted by molar-refractivity contribution is 7.57. The minimum atomic E-state index is -3.36. The number of aliphatic hydroxyl groups is 1. The molecular formula is C13H19N2O7P. The Morgan fingerprint density at radius 2 is 2.09 bits per heavy atom. The minimum absolute atomic E-state index is 0.144. The summed E-state index contributed by atoms with van der Waals surface area (Å²) in [7, 11) is -0.879. The third kappa shape index (κ3) is 3.88. The third-order valence-electron chi connectivity index (χ3n) is 3.56. The van der Waals surface area contributed by atoms with Crippen LogP contribution in [0.4, 0.5) is 0 Å². The van der Waals surface area contributed by atoms with Crippen molar-refractivity contribution in [1.82, 2.24) is 9.55 Å². The smallest absolute Gasteiger partial charge is 0.353 e. The summed E-state index contributed by atoms with van der Waals surface area (Å²) in [5.74, 6) is 1.20. The molecule has 2 rings (SSSR count). The molecule has 1 aliphatic heterocycles. The van der Waals surface area contributed by atoms with Crippen LogP contribution in [0.15, 0.2) is 27.7 Å². The second-order valence-electron chi connectivity index (χ2n) is 5.08. The largest absolute Gasteiger partial charge is 0.390 e. The van der Waals surface area contributed by atoms with E-state index in [9.17, 15) is 19.3 Å². The maximum Gasteiger partial charge on any atom is 0.353 e. The van der Waals surface area contributed by atoms with Crippen molar-refractivity contribution in [2.45, 2.75) is 31.8 Å². The molecule has 128 valence electrons. The van der Waals surface area contributed by atoms with E-state index in [0.717, 1.165) is 0 Å². The fourth-order valence-electron chi connectivity index (χ4n) is 2.21. The zero-order valence-corrected chi connectivity index (χ0v) is 13.9. The summed E-state index contributed by atoms with van der Waals surface area (Å²) in [6.07, 6.45) is 0.467. The van der Waals surface area contributed by atoms with E-state index in [4.69, 9.17) is 13.8 Å². The summed E-state index contributed by atoms with van der Waals surface area (Å²) < 4.78 is 28.3. The van der Waals surface area contributed by atoms with E-state index in [1.807, 2.05) is 0 Å². The Bertz CT molecular complexity index is 745. The Morgan fingerprint density at radius 3 is 2.70 bits per heavy atom. The maximum atomic E-state index is 11.9. The Morgan fingerprint density at radius 1 is 1.43 bits per heavy atom. The van der Waals surface area contributed by atoms with Crippen molar-refractivity contribution in [1.29, 1.82) is 0 Å². The van der Waals surface area contributed by atoms with Gasteiger partial charge in [-0.1, -0.05) is 0 Å². The number of hydrogen-bond donors (Lipinski definition) is 2. The molecule has 1 aliphatic rings. The van der Waals surface area contributed by atoms with Gasteiger partial charge in [-0.2, -0.15) is 0 Å². The van der Waals surface area contributed by atoms with Crippen LogP contribution in [0.2, 0.25) is 0 Å². The highest BCUT2D eigenvalue weighted by atomic mass is 31.2. The first kappa shape index (κ1) is 17.8. The van der Waals surface area contributed by atoms with Crippen molar-refractivity contribution in [2.24, 2.45) is 0 Å². The first-order valence-electron chi connectivity index (χ1n) is 6.86. The second kappa shape index (κ2) is 6.94. The average Bonchev–Trinajstić information content (AvgIpc) is 2.89. The molecule has 1 aromatic heterocycles. The number of hydrogen-bond acceptors (Lipinski definition) is 7. The highest BCUT2D eigenvalue weighted by Gasteiger charge is 2.34. The molecule has 0 radical (unpaired) electrons. The summed E-state index contributed by atoms with van der Waals surface area (Å²) >= 11 is 0. The van der Waals surface area contributed by atoms with Gasteiger partial charge in [-0.25, -0.2) is 4.79 Å². The normalized spacial score (nSPS) is 25.3. The molecule has 0 aliphatic carbocycles. The van der Waals surface area contributed by atoms with Gasteiger partial charge < -0.3 is 18.9 Å². The van der Waals surface area contributed by atoms with Gasteiger partial charge in [0, 0.05) is 38.2 Å². The summed E-state index contributed by atoms with van der Waals surface area (Å²) in [6.45, 7) is 1.56. The highest BCUT2D eigenvalue weighted by Crippen LogP contribution is 2.48. The Hall–Kier alpha value is -1.51. The van der Waals surface area contributed by atoms with Crippen molar-refractivity contribution in [3.8, 4) is 0 Å². The molecule has 1 saturated heterocycles. The molecule has 0 bridgehead atoms. The number of nitrogens with one attached hydrogen (secondary N) is 1. The zero-order valence-electron chi connectivity index (χ0n) is 13.0. The second-order valence-corrected chi connectivity index (χ2v) is 7.19. The van der Waals surface area contributed by atoms with Gasteiger partial charge in [-0.05, 0) is 13.0 Å². The summed E-state index contributed by atoms with van der Waals surface area (Å²) in [5, 5.41) is 10.0. The third-order valence-corrected chi connectivity index (χ3v) is 5.12. The van der Waals surface area contributed by atoms with E-state index in [1.54, 1.807) is 6.92 Å². The molecule has 9 nitrogen and oxygen atoms in total. The number of H-pyrrole nitrogens is 1. The molecule has 23 heavy (non-hydrogen) atoms. The molecule has 3 atom stereocenters. The molecule has 10 heteroatoms. The monoisotopic (exact) mass is 346 g/mol. The fourth-order valence-corrected chi connectivity index (χ4v) is 2.98. The number of nitrogens with zero attached hydrogens (tertiary/aromatic N) is 1. The summed E-state index contributed by atoms with van der Waals surface area (Å²) in [5.41, 5.74) is -0.741. The molecule has 2 heterocycles. The van der Waals surface area contributed by atoms with Crippen LogP contribution in [-0.2, 0) is 18.3 Å². The van der Waals surface area contributed by atoms with Crippen LogP contribution in [0, 0.1) is 6.92 Å². The number of aliphatic hydroxyl groups excluding tert-OH is 1. The molecule has 0 saturated carbocycles. The Balaban J connectivity index is 2.21. The van der Waals surface area contributed by atoms with Gasteiger partial charge in [-0.3, -0.25) is 18.9 Å². The predicted octanol–water partition coefficient (Wildman–Crippen LogP) is 0.493. The minimum Gasteiger partial charge on any atom is -0.390 e. The SMILES string of the molecule is COP(=O)(/C=C/C1O[C@@H](n2cc(C)c(=O)[nH]c2=O)CC1O)OC. The predicted molar refractivity (Wildman–Crippen MR) is 81.4 cm³/mol. The van der Waals surface area contributed by atoms with Crippen LogP contribution in [-0.4, -0.2) is 41.1 Å². The van der Waals surface area contributed by atoms with Crippen LogP contribution in [0.3, 0.4) is 0 Å². The quantitative estimate of drug-likeness (QED) is 0.745. The first-order chi connectivity index (χ1) is 10.8. The van der Waals surface area contributed by atoms with E-state index < -0.39 is 37.3 Å². The lowest BCUT2D eigenvalue weighted by atomic mass is 10.2.